The largest absolute Gasteiger partial charge is 0.463 e. The molecule has 1 aromatic carbocycles. The second-order valence-electron chi connectivity index (χ2n) is 6.84. The van der Waals surface area contributed by atoms with E-state index < -0.39 is 11.9 Å². The number of nitrogens with two attached hydrogens (primary N) is 1. The molecule has 2 N–H and O–H groups in total. The van der Waals surface area contributed by atoms with Crippen LogP contribution in [-0.2, 0) is 20.7 Å². The summed E-state index contributed by atoms with van der Waals surface area (Å²) in [7, 11) is 0. The maximum atomic E-state index is 12.6. The molecule has 1 atom stereocenters. The molecule has 156 valence electrons. The van der Waals surface area contributed by atoms with Crippen molar-refractivity contribution in [3.8, 4) is 17.5 Å². The molecular formula is C22H24N4O4. The van der Waals surface area contributed by atoms with Crippen LogP contribution in [0.5, 0.6) is 0 Å². The standard InChI is InChI=1S/C22H24N4O4/c1-4-6-7-17-25-26-21(30-17)15-10-8-14(9-11-15)19-16(12-23)20(24)29-13(3)18(19)22(27)28-5-2/h8-11,19H,4-7,24H2,1-3H3. The number of hydrogen-bond acceptors (Lipinski definition) is 8. The summed E-state index contributed by atoms with van der Waals surface area (Å²) >= 11 is 0. The zero-order chi connectivity index (χ0) is 21.7. The summed E-state index contributed by atoms with van der Waals surface area (Å²) in [4.78, 5) is 12.6. The number of allylic oxidation sites excluding steroid dienone is 2. The molecule has 0 saturated carbocycles. The second-order valence-corrected chi connectivity index (χ2v) is 6.84. The number of ether oxygens (including phenoxy) is 2. The van der Waals surface area contributed by atoms with E-state index in [1.807, 2.05) is 12.1 Å². The Labute approximate surface area is 175 Å². The van der Waals surface area contributed by atoms with Crippen LogP contribution >= 0.6 is 0 Å². The van der Waals surface area contributed by atoms with Crippen LogP contribution < -0.4 is 5.73 Å². The van der Waals surface area contributed by atoms with Crippen molar-refractivity contribution < 1.29 is 18.7 Å². The molecule has 8 nitrogen and oxygen atoms in total. The average molecular weight is 408 g/mol. The molecule has 0 amide bonds. The number of esters is 1. The first kappa shape index (κ1) is 21.1. The molecule has 1 aliphatic heterocycles. The van der Waals surface area contributed by atoms with Gasteiger partial charge in [0.2, 0.25) is 17.7 Å². The number of nitriles is 1. The van der Waals surface area contributed by atoms with Crippen LogP contribution in [0.1, 0.15) is 51.0 Å². The molecule has 8 heteroatoms. The first-order valence-corrected chi connectivity index (χ1v) is 9.88. The molecule has 0 radical (unpaired) electrons. The second kappa shape index (κ2) is 9.27. The first-order chi connectivity index (χ1) is 14.5. The molecule has 3 rings (SSSR count). The molecule has 0 spiro atoms. The van der Waals surface area contributed by atoms with E-state index in [-0.39, 0.29) is 23.6 Å². The Morgan fingerprint density at radius 1 is 1.27 bits per heavy atom. The van der Waals surface area contributed by atoms with Gasteiger partial charge in [-0.05, 0) is 38.0 Å². The predicted octanol–water partition coefficient (Wildman–Crippen LogP) is 3.72. The van der Waals surface area contributed by atoms with Gasteiger partial charge in [0.25, 0.3) is 0 Å². The minimum absolute atomic E-state index is 0.0189. The van der Waals surface area contributed by atoms with Crippen LogP contribution in [0.2, 0.25) is 0 Å². The minimum Gasteiger partial charge on any atom is -0.463 e. The summed E-state index contributed by atoms with van der Waals surface area (Å²) in [6.45, 7) is 5.66. The Kier molecular flexibility index (Phi) is 6.52. The highest BCUT2D eigenvalue weighted by molar-refractivity contribution is 5.92. The normalized spacial score (nSPS) is 16.3. The van der Waals surface area contributed by atoms with Gasteiger partial charge in [-0.1, -0.05) is 25.5 Å². The topological polar surface area (TPSA) is 124 Å². The SMILES string of the molecule is CCCCc1nnc(-c2ccc(C3C(C#N)=C(N)OC(C)=C3C(=O)OCC)cc2)o1. The number of hydrogen-bond donors (Lipinski definition) is 1. The monoisotopic (exact) mass is 408 g/mol. The Balaban J connectivity index is 1.95. The van der Waals surface area contributed by atoms with E-state index in [2.05, 4.69) is 23.2 Å². The maximum Gasteiger partial charge on any atom is 0.338 e. The summed E-state index contributed by atoms with van der Waals surface area (Å²) < 4.78 is 16.3. The summed E-state index contributed by atoms with van der Waals surface area (Å²) in [5.41, 5.74) is 7.79. The van der Waals surface area contributed by atoms with Gasteiger partial charge in [0, 0.05) is 12.0 Å². The van der Waals surface area contributed by atoms with Gasteiger partial charge >= 0.3 is 5.97 Å². The zero-order valence-corrected chi connectivity index (χ0v) is 17.3. The highest BCUT2D eigenvalue weighted by atomic mass is 16.5. The smallest absolute Gasteiger partial charge is 0.338 e. The highest BCUT2D eigenvalue weighted by Gasteiger charge is 2.36. The Morgan fingerprint density at radius 3 is 2.63 bits per heavy atom. The average Bonchev–Trinajstić information content (AvgIpc) is 3.21. The fraction of sp³-hybridized carbons (Fsp3) is 0.364. The molecule has 2 heterocycles. The van der Waals surface area contributed by atoms with Crippen LogP contribution in [0.15, 0.2) is 51.5 Å². The van der Waals surface area contributed by atoms with Crippen molar-refractivity contribution >= 4 is 5.97 Å². The van der Waals surface area contributed by atoms with Crippen molar-refractivity contribution in [1.29, 1.82) is 5.26 Å². The van der Waals surface area contributed by atoms with Gasteiger partial charge in [0.15, 0.2) is 0 Å². The van der Waals surface area contributed by atoms with Gasteiger partial charge in [0.05, 0.1) is 18.1 Å². The number of rotatable bonds is 7. The summed E-state index contributed by atoms with van der Waals surface area (Å²) in [6.07, 6.45) is 2.77. The van der Waals surface area contributed by atoms with Crippen LogP contribution in [0.4, 0.5) is 0 Å². The van der Waals surface area contributed by atoms with Crippen LogP contribution in [-0.4, -0.2) is 22.8 Å². The number of benzene rings is 1. The lowest BCUT2D eigenvalue weighted by molar-refractivity contribution is -0.139. The van der Waals surface area contributed by atoms with Gasteiger partial charge in [-0.25, -0.2) is 4.79 Å². The summed E-state index contributed by atoms with van der Waals surface area (Å²) in [6, 6.07) is 9.30. The zero-order valence-electron chi connectivity index (χ0n) is 17.3. The van der Waals surface area contributed by atoms with Crippen molar-refractivity contribution in [2.75, 3.05) is 6.61 Å². The quantitative estimate of drug-likeness (QED) is 0.687. The molecule has 0 aliphatic carbocycles. The van der Waals surface area contributed by atoms with Gasteiger partial charge in [-0.2, -0.15) is 5.26 Å². The van der Waals surface area contributed by atoms with Crippen molar-refractivity contribution in [2.45, 2.75) is 46.0 Å². The summed E-state index contributed by atoms with van der Waals surface area (Å²) in [5, 5.41) is 17.8. The van der Waals surface area contributed by atoms with E-state index in [9.17, 15) is 10.1 Å². The van der Waals surface area contributed by atoms with E-state index >= 15 is 0 Å². The van der Waals surface area contributed by atoms with E-state index in [0.717, 1.165) is 24.8 Å². The number of carbonyl (C=O) groups is 1. The molecule has 30 heavy (non-hydrogen) atoms. The lowest BCUT2D eigenvalue weighted by Gasteiger charge is -2.26. The first-order valence-electron chi connectivity index (χ1n) is 9.88. The Morgan fingerprint density at radius 2 is 2.00 bits per heavy atom. The lowest BCUT2D eigenvalue weighted by Crippen LogP contribution is -2.25. The highest BCUT2D eigenvalue weighted by Crippen LogP contribution is 2.40. The molecule has 1 aromatic heterocycles. The number of unbranched alkanes of at least 4 members (excludes halogenated alkanes) is 1. The number of aromatic nitrogens is 2. The third-order valence-corrected chi connectivity index (χ3v) is 4.80. The molecule has 1 unspecified atom stereocenters. The number of nitrogens with zero attached hydrogens (tertiary/aromatic N) is 3. The van der Waals surface area contributed by atoms with E-state index in [4.69, 9.17) is 19.6 Å². The van der Waals surface area contributed by atoms with E-state index in [1.54, 1.807) is 26.0 Å². The molecule has 0 bridgehead atoms. The van der Waals surface area contributed by atoms with Gasteiger partial charge in [-0.15, -0.1) is 10.2 Å². The van der Waals surface area contributed by atoms with E-state index in [0.29, 0.717) is 23.1 Å². The Hall–Kier alpha value is -3.60. The van der Waals surface area contributed by atoms with Crippen LogP contribution in [0.25, 0.3) is 11.5 Å². The maximum absolute atomic E-state index is 12.6. The van der Waals surface area contributed by atoms with Crippen molar-refractivity contribution in [3.63, 3.8) is 0 Å². The Bertz CT molecular complexity index is 1030. The molecule has 0 saturated heterocycles. The molecule has 2 aromatic rings. The third kappa shape index (κ3) is 4.20. The van der Waals surface area contributed by atoms with Crippen LogP contribution in [0, 0.1) is 11.3 Å². The number of carbonyl (C=O) groups excluding carboxylic acids is 1. The predicted molar refractivity (Wildman–Crippen MR) is 108 cm³/mol. The van der Waals surface area contributed by atoms with Crippen molar-refractivity contribution in [1.82, 2.24) is 10.2 Å². The molecule has 0 fully saturated rings. The van der Waals surface area contributed by atoms with Crippen molar-refractivity contribution in [3.05, 3.63) is 58.5 Å². The van der Waals surface area contributed by atoms with Gasteiger partial charge in [0.1, 0.15) is 17.4 Å². The number of aryl methyl sites for hydroxylation is 1. The molecular weight excluding hydrogens is 384 g/mol. The van der Waals surface area contributed by atoms with Gasteiger partial charge in [-0.3, -0.25) is 0 Å². The van der Waals surface area contributed by atoms with Crippen molar-refractivity contribution in [2.24, 2.45) is 5.73 Å². The fourth-order valence-corrected chi connectivity index (χ4v) is 3.31. The van der Waals surface area contributed by atoms with E-state index in [1.165, 1.54) is 0 Å². The minimum atomic E-state index is -0.681. The summed E-state index contributed by atoms with van der Waals surface area (Å²) in [5.74, 6) is 0.103. The lowest BCUT2D eigenvalue weighted by atomic mass is 9.83. The molecule has 1 aliphatic rings. The fourth-order valence-electron chi connectivity index (χ4n) is 3.31. The van der Waals surface area contributed by atoms with Gasteiger partial charge < -0.3 is 19.6 Å². The van der Waals surface area contributed by atoms with Crippen LogP contribution in [0.3, 0.4) is 0 Å². The third-order valence-electron chi connectivity index (χ3n) is 4.80.